The van der Waals surface area contributed by atoms with E-state index in [0.29, 0.717) is 17.0 Å². The number of aromatic hydroxyl groups is 1. The van der Waals surface area contributed by atoms with Crippen molar-refractivity contribution in [3.05, 3.63) is 57.5 Å². The first-order chi connectivity index (χ1) is 13.6. The molecule has 0 fully saturated rings. The molecular weight excluding hydrogens is 378 g/mol. The summed E-state index contributed by atoms with van der Waals surface area (Å²) < 4.78 is 11.4. The molecule has 0 saturated heterocycles. The molecular formula is C21H25NO7. The molecule has 2 aromatic rings. The lowest BCUT2D eigenvalue weighted by Gasteiger charge is -2.20. The molecule has 1 unspecified atom stereocenters. The predicted molar refractivity (Wildman–Crippen MR) is 105 cm³/mol. The molecule has 156 valence electrons. The largest absolute Gasteiger partial charge is 0.507 e. The Balaban J connectivity index is 2.60. The molecule has 1 heterocycles. The normalized spacial score (nSPS) is 11.9. The molecule has 0 saturated carbocycles. The number of esters is 1. The van der Waals surface area contributed by atoms with Crippen LogP contribution >= 0.6 is 0 Å². The van der Waals surface area contributed by atoms with E-state index in [1.807, 2.05) is 13.8 Å². The maximum absolute atomic E-state index is 13.0. The zero-order valence-electron chi connectivity index (χ0n) is 16.8. The molecule has 0 bridgehead atoms. The van der Waals surface area contributed by atoms with Gasteiger partial charge in [0.25, 0.3) is 5.56 Å². The molecule has 8 heteroatoms. The summed E-state index contributed by atoms with van der Waals surface area (Å²) in [5.74, 6) is -2.25. The summed E-state index contributed by atoms with van der Waals surface area (Å²) in [5.41, 5.74) is 0.168. The molecule has 29 heavy (non-hydrogen) atoms. The zero-order chi connectivity index (χ0) is 21.7. The van der Waals surface area contributed by atoms with Gasteiger partial charge in [0.1, 0.15) is 18.0 Å². The first-order valence-electron chi connectivity index (χ1n) is 9.12. The maximum Gasteiger partial charge on any atom is 0.323 e. The molecule has 0 aliphatic carbocycles. The summed E-state index contributed by atoms with van der Waals surface area (Å²) in [7, 11) is 1.23. The fraction of sp³-hybridized carbons (Fsp3) is 0.381. The number of hydrogen-bond acceptors (Lipinski definition) is 6. The number of hydrogen-bond donors (Lipinski definition) is 2. The van der Waals surface area contributed by atoms with Gasteiger partial charge in [0.2, 0.25) is 0 Å². The lowest BCUT2D eigenvalue weighted by molar-refractivity contribution is -0.141. The van der Waals surface area contributed by atoms with Crippen molar-refractivity contribution < 1.29 is 29.3 Å². The maximum atomic E-state index is 13.0. The predicted octanol–water partition coefficient (Wildman–Crippen LogP) is 2.43. The number of carbonyl (C=O) groups is 2. The van der Waals surface area contributed by atoms with Crippen LogP contribution in [-0.2, 0) is 20.9 Å². The highest BCUT2D eigenvalue weighted by Crippen LogP contribution is 2.33. The quantitative estimate of drug-likeness (QED) is 0.651. The molecule has 1 aromatic heterocycles. The Morgan fingerprint density at radius 1 is 1.17 bits per heavy atom. The van der Waals surface area contributed by atoms with Gasteiger partial charge in [-0.1, -0.05) is 12.1 Å². The molecule has 0 aliphatic rings. The number of carbonyl (C=O) groups excluding carboxylic acids is 1. The van der Waals surface area contributed by atoms with E-state index in [2.05, 4.69) is 0 Å². The average molecular weight is 403 g/mol. The second-order valence-electron chi connectivity index (χ2n) is 6.94. The van der Waals surface area contributed by atoms with Crippen LogP contribution in [0.25, 0.3) is 0 Å². The number of aromatic nitrogens is 1. The van der Waals surface area contributed by atoms with Crippen LogP contribution in [0.1, 0.15) is 43.0 Å². The highest BCUT2D eigenvalue weighted by Gasteiger charge is 2.27. The van der Waals surface area contributed by atoms with Gasteiger partial charge in [-0.05, 0) is 44.5 Å². The third kappa shape index (κ3) is 5.37. The lowest BCUT2D eigenvalue weighted by atomic mass is 9.88. The Labute approximate surface area is 168 Å². The van der Waals surface area contributed by atoms with E-state index in [9.17, 15) is 19.5 Å². The number of carboxylic acid groups (broad SMARTS) is 1. The number of benzene rings is 1. The fourth-order valence-corrected chi connectivity index (χ4v) is 3.12. The van der Waals surface area contributed by atoms with Gasteiger partial charge in [-0.3, -0.25) is 14.4 Å². The summed E-state index contributed by atoms with van der Waals surface area (Å²) >= 11 is 0. The Morgan fingerprint density at radius 3 is 2.31 bits per heavy atom. The van der Waals surface area contributed by atoms with Crippen molar-refractivity contribution in [3.63, 3.8) is 0 Å². The number of methoxy groups -OCH3 is 1. The van der Waals surface area contributed by atoms with Crippen LogP contribution in [0, 0.1) is 6.92 Å². The van der Waals surface area contributed by atoms with Crippen LogP contribution in [0.3, 0.4) is 0 Å². The first kappa shape index (κ1) is 22.0. The first-order valence-corrected chi connectivity index (χ1v) is 9.12. The van der Waals surface area contributed by atoms with Gasteiger partial charge >= 0.3 is 11.9 Å². The summed E-state index contributed by atoms with van der Waals surface area (Å²) in [6.07, 6.45) is -0.212. The van der Waals surface area contributed by atoms with Crippen LogP contribution in [-0.4, -0.2) is 39.9 Å². The zero-order valence-corrected chi connectivity index (χ0v) is 16.8. The van der Waals surface area contributed by atoms with E-state index >= 15 is 0 Å². The van der Waals surface area contributed by atoms with E-state index in [0.717, 1.165) is 4.57 Å². The van der Waals surface area contributed by atoms with Crippen molar-refractivity contribution in [2.24, 2.45) is 0 Å². The van der Waals surface area contributed by atoms with Crippen molar-refractivity contribution in [2.45, 2.75) is 45.8 Å². The third-order valence-electron chi connectivity index (χ3n) is 4.42. The number of aryl methyl sites for hydroxylation is 1. The number of aliphatic carboxylic acids is 1. The topological polar surface area (TPSA) is 115 Å². The highest BCUT2D eigenvalue weighted by atomic mass is 16.5. The minimum Gasteiger partial charge on any atom is -0.507 e. The smallest absolute Gasteiger partial charge is 0.323 e. The van der Waals surface area contributed by atoms with Gasteiger partial charge in [-0.15, -0.1) is 0 Å². The van der Waals surface area contributed by atoms with Crippen LogP contribution < -0.4 is 10.3 Å². The third-order valence-corrected chi connectivity index (χ3v) is 4.42. The summed E-state index contributed by atoms with van der Waals surface area (Å²) in [6, 6.07) is 8.14. The van der Waals surface area contributed by atoms with Crippen molar-refractivity contribution in [3.8, 4) is 11.5 Å². The van der Waals surface area contributed by atoms with Gasteiger partial charge in [-0.25, -0.2) is 0 Å². The molecule has 0 amide bonds. The lowest BCUT2D eigenvalue weighted by Crippen LogP contribution is -2.30. The van der Waals surface area contributed by atoms with Gasteiger partial charge < -0.3 is 24.3 Å². The molecule has 8 nitrogen and oxygen atoms in total. The van der Waals surface area contributed by atoms with E-state index in [4.69, 9.17) is 14.6 Å². The van der Waals surface area contributed by atoms with E-state index < -0.39 is 30.0 Å². The number of rotatable bonds is 8. The van der Waals surface area contributed by atoms with Crippen molar-refractivity contribution >= 4 is 11.9 Å². The van der Waals surface area contributed by atoms with Crippen LogP contribution in [0.4, 0.5) is 0 Å². The van der Waals surface area contributed by atoms with E-state index in [1.165, 1.54) is 20.1 Å². The van der Waals surface area contributed by atoms with Crippen molar-refractivity contribution in [2.75, 3.05) is 7.11 Å². The van der Waals surface area contributed by atoms with Crippen molar-refractivity contribution in [1.82, 2.24) is 4.57 Å². The minimum absolute atomic E-state index is 0.0175. The Hall–Kier alpha value is -3.29. The van der Waals surface area contributed by atoms with Crippen LogP contribution in [0.15, 0.2) is 35.1 Å². The molecule has 2 rings (SSSR count). The van der Waals surface area contributed by atoms with Crippen molar-refractivity contribution in [1.29, 1.82) is 0 Å². The molecule has 0 spiro atoms. The fourth-order valence-electron chi connectivity index (χ4n) is 3.12. The number of pyridine rings is 1. The number of carboxylic acids is 1. The van der Waals surface area contributed by atoms with Crippen LogP contribution in [0.2, 0.25) is 0 Å². The molecule has 0 radical (unpaired) electrons. The van der Waals surface area contributed by atoms with Gasteiger partial charge in [-0.2, -0.15) is 0 Å². The Morgan fingerprint density at radius 2 is 1.79 bits per heavy atom. The summed E-state index contributed by atoms with van der Waals surface area (Å²) in [5, 5.41) is 19.6. The average Bonchev–Trinajstić information content (AvgIpc) is 2.64. The summed E-state index contributed by atoms with van der Waals surface area (Å²) in [6.45, 7) is 4.76. The monoisotopic (exact) mass is 403 g/mol. The van der Waals surface area contributed by atoms with Gasteiger partial charge in [0, 0.05) is 11.6 Å². The Kier molecular flexibility index (Phi) is 7.03. The van der Waals surface area contributed by atoms with Gasteiger partial charge in [0.15, 0.2) is 0 Å². The van der Waals surface area contributed by atoms with Gasteiger partial charge in [0.05, 0.1) is 25.2 Å². The summed E-state index contributed by atoms with van der Waals surface area (Å²) in [4.78, 5) is 36.2. The molecule has 0 aliphatic heterocycles. The van der Waals surface area contributed by atoms with Crippen LogP contribution in [0.5, 0.6) is 11.5 Å². The number of nitrogens with zero attached hydrogens (tertiary/aromatic N) is 1. The second kappa shape index (κ2) is 9.27. The minimum atomic E-state index is -1.19. The highest BCUT2D eigenvalue weighted by molar-refractivity contribution is 5.71. The standard InChI is InChI=1S/C21H25NO7/c1-12(2)29-15-7-5-14(6-8-15)16(10-19(26)28-4)20-17(23)9-13(3)22(21(20)27)11-18(24)25/h5-9,12,16,23H,10-11H2,1-4H3,(H,24,25). The SMILES string of the molecule is COC(=O)CC(c1ccc(OC(C)C)cc1)c1c(O)cc(C)n(CC(=O)O)c1=O. The van der Waals surface area contributed by atoms with E-state index in [-0.39, 0.29) is 23.8 Å². The molecule has 2 N–H and O–H groups in total. The molecule has 1 atom stereocenters. The molecule has 1 aromatic carbocycles. The Bertz CT molecular complexity index is 945. The van der Waals surface area contributed by atoms with E-state index in [1.54, 1.807) is 24.3 Å². The second-order valence-corrected chi connectivity index (χ2v) is 6.94. The number of ether oxygens (including phenoxy) is 2.